The number of hydrogen-bond acceptors (Lipinski definition) is 2. The fraction of sp³-hybridized carbons (Fsp3) is 0.333. The van der Waals surface area contributed by atoms with Crippen molar-refractivity contribution in [3.63, 3.8) is 0 Å². The largest absolute Gasteiger partial charge is 0.576 e. The third kappa shape index (κ3) is 4.04. The zero-order valence-electron chi connectivity index (χ0n) is 9.04. The first-order chi connectivity index (χ1) is 8.15. The first-order valence-electron chi connectivity index (χ1n) is 4.77. The second-order valence-electron chi connectivity index (χ2n) is 3.39. The molecule has 18 heavy (non-hydrogen) atoms. The van der Waals surface area contributed by atoms with Gasteiger partial charge in [0.1, 0.15) is 0 Å². The van der Waals surface area contributed by atoms with Gasteiger partial charge in [-0.15, -0.1) is 5.69 Å². The van der Waals surface area contributed by atoms with E-state index in [9.17, 15) is 21.6 Å². The summed E-state index contributed by atoms with van der Waals surface area (Å²) in [6.45, 7) is 0.0285. The molecule has 9 heteroatoms. The Morgan fingerprint density at radius 2 is 1.94 bits per heavy atom. The van der Waals surface area contributed by atoms with Gasteiger partial charge in [0.25, 0.3) is 0 Å². The van der Waals surface area contributed by atoms with E-state index < -0.39 is 33.2 Å². The maximum atomic E-state index is 12.7. The molecule has 0 amide bonds. The molecular weight excluding hydrogens is 293 g/mol. The maximum absolute atomic E-state index is 12.7. The third-order valence-corrected chi connectivity index (χ3v) is 3.42. The van der Waals surface area contributed by atoms with Crippen LogP contribution in [0.1, 0.15) is 5.56 Å². The molecule has 1 aromatic carbocycles. The molecule has 0 saturated carbocycles. The Morgan fingerprint density at radius 3 is 2.44 bits per heavy atom. The van der Waals surface area contributed by atoms with Gasteiger partial charge in [-0.2, -0.15) is 13.2 Å². The Kier molecular flexibility index (Phi) is 4.46. The van der Waals surface area contributed by atoms with Crippen molar-refractivity contribution in [1.29, 1.82) is 0 Å². The van der Waals surface area contributed by atoms with Crippen molar-refractivity contribution in [3.05, 3.63) is 33.5 Å². The Hall–Kier alpha value is -0.990. The van der Waals surface area contributed by atoms with Crippen LogP contribution in [0.4, 0.5) is 18.9 Å². The molecule has 0 radical (unpaired) electrons. The minimum absolute atomic E-state index is 0.0285. The Morgan fingerprint density at radius 1 is 1.33 bits per heavy atom. The van der Waals surface area contributed by atoms with Crippen LogP contribution < -0.4 is 5.73 Å². The minimum Gasteiger partial charge on any atom is -0.576 e. The number of halogens is 4. The number of benzene rings is 1. The summed E-state index contributed by atoms with van der Waals surface area (Å²) < 4.78 is 63.8. The zero-order valence-corrected chi connectivity index (χ0v) is 10.6. The summed E-state index contributed by atoms with van der Waals surface area (Å²) in [7, 11) is -3.96. The molecule has 0 aliphatic rings. The van der Waals surface area contributed by atoms with Crippen LogP contribution in [0.5, 0.6) is 0 Å². The first-order valence-corrected chi connectivity index (χ1v) is 6.76. The van der Waals surface area contributed by atoms with Crippen LogP contribution in [0.25, 0.3) is 4.72 Å². The van der Waals surface area contributed by atoms with E-state index in [2.05, 4.69) is 10.5 Å². The molecule has 0 heterocycles. The normalized spacial score (nSPS) is 12.5. The second kappa shape index (κ2) is 5.33. The lowest BCUT2D eigenvalue weighted by Crippen LogP contribution is -2.52. The quantitative estimate of drug-likeness (QED) is 0.922. The van der Waals surface area contributed by atoms with E-state index >= 15 is 0 Å². The Bertz CT molecular complexity index is 531. The van der Waals surface area contributed by atoms with E-state index in [1.165, 1.54) is 0 Å². The average molecular weight is 303 g/mol. The van der Waals surface area contributed by atoms with E-state index in [0.717, 1.165) is 12.1 Å². The van der Waals surface area contributed by atoms with Gasteiger partial charge >= 0.3 is 6.18 Å². The lowest BCUT2D eigenvalue weighted by molar-refractivity contribution is -0.360. The average Bonchev–Trinajstić information content (AvgIpc) is 2.18. The molecule has 4 nitrogen and oxygen atoms in total. The van der Waals surface area contributed by atoms with E-state index in [0.29, 0.717) is 6.07 Å². The Balaban J connectivity index is 3.18. The van der Waals surface area contributed by atoms with Gasteiger partial charge in [0.2, 0.25) is 0 Å². The molecule has 1 rings (SSSR count). The molecule has 102 valence electrons. The van der Waals surface area contributed by atoms with Crippen molar-refractivity contribution in [2.45, 2.75) is 6.18 Å². The van der Waals surface area contributed by atoms with Crippen molar-refractivity contribution < 1.29 is 27.3 Å². The van der Waals surface area contributed by atoms with Gasteiger partial charge in [-0.25, -0.2) is 8.42 Å². The minimum atomic E-state index is -4.72. The summed E-state index contributed by atoms with van der Waals surface area (Å²) in [5.41, 5.74) is 1.47. The summed E-state index contributed by atoms with van der Waals surface area (Å²) in [5, 5.41) is -0.143. The van der Waals surface area contributed by atoms with E-state index in [-0.39, 0.29) is 11.6 Å². The second-order valence-corrected chi connectivity index (χ2v) is 5.58. The molecule has 0 atom stereocenters. The topological polar surface area (TPSA) is 75.9 Å². The molecule has 0 saturated heterocycles. The fourth-order valence-corrected chi connectivity index (χ4v) is 2.28. The predicted molar refractivity (Wildman–Crippen MR) is 61.0 cm³/mol. The van der Waals surface area contributed by atoms with Crippen LogP contribution in [0.2, 0.25) is 5.02 Å². The molecular formula is C9H10ClF3N2O2S. The maximum Gasteiger partial charge on any atom is 0.415 e. The predicted octanol–water partition coefficient (Wildman–Crippen LogP) is 1.94. The summed E-state index contributed by atoms with van der Waals surface area (Å²) in [6, 6.07) is 2.71. The molecule has 3 N–H and O–H groups in total. The highest BCUT2D eigenvalue weighted by molar-refractivity contribution is 7.94. The van der Waals surface area contributed by atoms with Crippen LogP contribution >= 0.6 is 11.6 Å². The van der Waals surface area contributed by atoms with Gasteiger partial charge < -0.3 is 10.5 Å². The molecule has 0 bridgehead atoms. The van der Waals surface area contributed by atoms with Gasteiger partial charge in [-0.3, -0.25) is 0 Å². The SMILES string of the molecule is [NH3+]CCS(=O)(=O)[N-]c1ccc(Cl)cc1C(F)(F)F. The monoisotopic (exact) mass is 302 g/mol. The lowest BCUT2D eigenvalue weighted by Gasteiger charge is -2.25. The number of alkyl halides is 3. The van der Waals surface area contributed by atoms with E-state index in [1.54, 1.807) is 0 Å². The van der Waals surface area contributed by atoms with Crippen LogP contribution in [0, 0.1) is 0 Å². The molecule has 0 unspecified atom stereocenters. The highest BCUT2D eigenvalue weighted by atomic mass is 35.5. The summed E-state index contributed by atoms with van der Waals surface area (Å²) in [6.07, 6.45) is -4.72. The van der Waals surface area contributed by atoms with Crippen LogP contribution in [-0.2, 0) is 16.2 Å². The molecule has 1 aromatic rings. The molecule has 0 aliphatic heterocycles. The zero-order chi connectivity index (χ0) is 14.0. The summed E-state index contributed by atoms with van der Waals surface area (Å²) in [5.74, 6) is -0.410. The molecule has 0 aliphatic carbocycles. The fourth-order valence-electron chi connectivity index (χ4n) is 1.19. The summed E-state index contributed by atoms with van der Waals surface area (Å²) in [4.78, 5) is 0. The Labute approximate surface area is 107 Å². The van der Waals surface area contributed by atoms with Crippen molar-refractivity contribution in [1.82, 2.24) is 0 Å². The number of nitrogens with zero attached hydrogens (tertiary/aromatic N) is 1. The van der Waals surface area contributed by atoms with E-state index in [1.807, 2.05) is 0 Å². The van der Waals surface area contributed by atoms with Gasteiger partial charge in [0, 0.05) is 10.6 Å². The van der Waals surface area contributed by atoms with Gasteiger partial charge in [-0.1, -0.05) is 17.7 Å². The van der Waals surface area contributed by atoms with Crippen LogP contribution in [-0.4, -0.2) is 20.7 Å². The molecule has 0 aromatic heterocycles. The van der Waals surface area contributed by atoms with Crippen molar-refractivity contribution in [2.24, 2.45) is 0 Å². The van der Waals surface area contributed by atoms with Crippen molar-refractivity contribution >= 4 is 27.3 Å². The van der Waals surface area contributed by atoms with Gasteiger partial charge in [-0.05, 0) is 12.1 Å². The number of rotatable bonds is 4. The van der Waals surface area contributed by atoms with E-state index in [4.69, 9.17) is 11.6 Å². The number of quaternary nitrogens is 1. The highest BCUT2D eigenvalue weighted by Crippen LogP contribution is 2.40. The van der Waals surface area contributed by atoms with Gasteiger partial charge in [0.05, 0.1) is 22.3 Å². The van der Waals surface area contributed by atoms with Crippen molar-refractivity contribution in [2.75, 3.05) is 12.3 Å². The third-order valence-electron chi connectivity index (χ3n) is 1.90. The first kappa shape index (κ1) is 15.1. The lowest BCUT2D eigenvalue weighted by atomic mass is 10.2. The highest BCUT2D eigenvalue weighted by Gasteiger charge is 2.31. The smallest absolute Gasteiger partial charge is 0.415 e. The molecule has 0 fully saturated rings. The summed E-state index contributed by atoms with van der Waals surface area (Å²) >= 11 is 5.45. The van der Waals surface area contributed by atoms with Gasteiger partial charge in [0.15, 0.2) is 0 Å². The van der Waals surface area contributed by atoms with Crippen LogP contribution in [0.15, 0.2) is 18.2 Å². The van der Waals surface area contributed by atoms with Crippen molar-refractivity contribution in [3.8, 4) is 0 Å². The standard InChI is InChI=1S/C9H9ClF3N2O2S/c10-6-1-2-8(7(5-6)9(11,12)13)15-18(16,17)4-3-14/h1-2,5H,3-4,14H2/q-1/p+1. The van der Waals surface area contributed by atoms with Crippen LogP contribution in [0.3, 0.4) is 0 Å². The molecule has 0 spiro atoms. The number of sulfonamides is 1. The number of hydrogen-bond donors (Lipinski definition) is 1.